The lowest BCUT2D eigenvalue weighted by atomic mass is 10.1. The van der Waals surface area contributed by atoms with E-state index in [1.165, 1.54) is 0 Å². The van der Waals surface area contributed by atoms with Crippen molar-refractivity contribution in [2.24, 2.45) is 0 Å². The Labute approximate surface area is 173 Å². The number of nitrogens with zero attached hydrogens (tertiary/aromatic N) is 2. The van der Waals surface area contributed by atoms with Crippen LogP contribution >= 0.6 is 11.6 Å². The Hall–Kier alpha value is -2.96. The van der Waals surface area contributed by atoms with Crippen molar-refractivity contribution in [2.45, 2.75) is 18.9 Å². The molecule has 1 aliphatic rings. The van der Waals surface area contributed by atoms with Crippen LogP contribution < -0.4 is 10.1 Å². The molecule has 0 saturated carbocycles. The van der Waals surface area contributed by atoms with E-state index < -0.39 is 0 Å². The molecule has 0 bridgehead atoms. The van der Waals surface area contributed by atoms with Crippen LogP contribution in [0.25, 0.3) is 11.1 Å². The number of benzene rings is 2. The minimum atomic E-state index is -0.249. The van der Waals surface area contributed by atoms with Crippen molar-refractivity contribution < 1.29 is 14.3 Å². The SMILES string of the molecule is O=C(NC1CCOCC1)c1ccc(Oc2ccc(-c3ccccc3)cc2Cl)nn1. The van der Waals surface area contributed by atoms with Crippen LogP contribution in [-0.2, 0) is 4.74 Å². The highest BCUT2D eigenvalue weighted by Crippen LogP contribution is 2.32. The molecule has 1 aromatic heterocycles. The lowest BCUT2D eigenvalue weighted by Crippen LogP contribution is -2.39. The van der Waals surface area contributed by atoms with E-state index >= 15 is 0 Å². The van der Waals surface area contributed by atoms with Crippen LogP contribution in [0.1, 0.15) is 23.3 Å². The normalized spacial score (nSPS) is 14.4. The van der Waals surface area contributed by atoms with Gasteiger partial charge in [-0.1, -0.05) is 48.0 Å². The van der Waals surface area contributed by atoms with Gasteiger partial charge in [0.1, 0.15) is 5.75 Å². The molecule has 0 unspecified atom stereocenters. The second-order valence-corrected chi connectivity index (χ2v) is 7.14. The monoisotopic (exact) mass is 409 g/mol. The van der Waals surface area contributed by atoms with Gasteiger partial charge in [-0.25, -0.2) is 0 Å². The second-order valence-electron chi connectivity index (χ2n) is 6.73. The number of hydrogen-bond donors (Lipinski definition) is 1. The van der Waals surface area contributed by atoms with Crippen molar-refractivity contribution in [3.8, 4) is 22.8 Å². The van der Waals surface area contributed by atoms with Crippen LogP contribution in [0.5, 0.6) is 11.6 Å². The molecule has 4 rings (SSSR count). The van der Waals surface area contributed by atoms with Crippen molar-refractivity contribution >= 4 is 17.5 Å². The van der Waals surface area contributed by atoms with Gasteiger partial charge in [0.15, 0.2) is 5.69 Å². The Morgan fingerprint density at radius 1 is 1.00 bits per heavy atom. The van der Waals surface area contributed by atoms with Gasteiger partial charge in [-0.05, 0) is 42.2 Å². The molecule has 1 fully saturated rings. The Bertz CT molecular complexity index is 974. The average Bonchev–Trinajstić information content (AvgIpc) is 2.77. The molecule has 29 heavy (non-hydrogen) atoms. The van der Waals surface area contributed by atoms with E-state index in [0.717, 1.165) is 24.0 Å². The topological polar surface area (TPSA) is 73.3 Å². The smallest absolute Gasteiger partial charge is 0.272 e. The number of amides is 1. The standard InChI is InChI=1S/C22H20ClN3O3/c23-18-14-16(15-4-2-1-3-5-15)6-8-20(18)29-21-9-7-19(25-26-21)22(27)24-17-10-12-28-13-11-17/h1-9,14,17H,10-13H2,(H,24,27). The molecule has 3 aromatic rings. The van der Waals surface area contributed by atoms with Crippen molar-refractivity contribution in [3.63, 3.8) is 0 Å². The number of nitrogens with one attached hydrogen (secondary N) is 1. The van der Waals surface area contributed by atoms with Gasteiger partial charge < -0.3 is 14.8 Å². The fraction of sp³-hybridized carbons (Fsp3) is 0.227. The van der Waals surface area contributed by atoms with E-state index in [0.29, 0.717) is 24.0 Å². The fourth-order valence-corrected chi connectivity index (χ4v) is 3.32. The summed E-state index contributed by atoms with van der Waals surface area (Å²) < 4.78 is 11.0. The van der Waals surface area contributed by atoms with E-state index in [9.17, 15) is 4.79 Å². The lowest BCUT2D eigenvalue weighted by Gasteiger charge is -2.22. The fourth-order valence-electron chi connectivity index (χ4n) is 3.10. The van der Waals surface area contributed by atoms with E-state index in [-0.39, 0.29) is 23.5 Å². The summed E-state index contributed by atoms with van der Waals surface area (Å²) in [5.41, 5.74) is 2.31. The first-order valence-corrected chi connectivity index (χ1v) is 9.82. The average molecular weight is 410 g/mol. The summed E-state index contributed by atoms with van der Waals surface area (Å²) in [4.78, 5) is 12.3. The lowest BCUT2D eigenvalue weighted by molar-refractivity contribution is 0.0693. The van der Waals surface area contributed by atoms with E-state index in [2.05, 4.69) is 15.5 Å². The highest BCUT2D eigenvalue weighted by Gasteiger charge is 2.18. The van der Waals surface area contributed by atoms with Gasteiger partial charge in [-0.2, -0.15) is 0 Å². The summed E-state index contributed by atoms with van der Waals surface area (Å²) >= 11 is 6.37. The molecule has 1 aliphatic heterocycles. The van der Waals surface area contributed by atoms with E-state index in [1.54, 1.807) is 18.2 Å². The molecule has 0 aliphatic carbocycles. The zero-order valence-electron chi connectivity index (χ0n) is 15.7. The number of aromatic nitrogens is 2. The van der Waals surface area contributed by atoms with Crippen LogP contribution in [0.3, 0.4) is 0 Å². The highest BCUT2D eigenvalue weighted by atomic mass is 35.5. The van der Waals surface area contributed by atoms with Gasteiger partial charge >= 0.3 is 0 Å². The van der Waals surface area contributed by atoms with Gasteiger partial charge in [0.2, 0.25) is 5.88 Å². The second kappa shape index (κ2) is 9.03. The number of rotatable bonds is 5. The predicted octanol–water partition coefficient (Wildman–Crippen LogP) is 4.50. The maximum atomic E-state index is 12.3. The largest absolute Gasteiger partial charge is 0.436 e. The number of carbonyl (C=O) groups excluding carboxylic acids is 1. The number of carbonyl (C=O) groups is 1. The molecule has 148 valence electrons. The maximum Gasteiger partial charge on any atom is 0.272 e. The summed E-state index contributed by atoms with van der Waals surface area (Å²) in [5, 5.41) is 11.4. The Morgan fingerprint density at radius 2 is 1.79 bits per heavy atom. The summed E-state index contributed by atoms with van der Waals surface area (Å²) in [6.45, 7) is 1.32. The van der Waals surface area contributed by atoms with Gasteiger partial charge in [0.05, 0.1) is 5.02 Å². The Kier molecular flexibility index (Phi) is 6.03. The third-order valence-corrected chi connectivity index (χ3v) is 4.98. The first-order chi connectivity index (χ1) is 14.2. The molecule has 0 spiro atoms. The van der Waals surface area contributed by atoms with Crippen molar-refractivity contribution in [1.29, 1.82) is 0 Å². The van der Waals surface area contributed by atoms with Gasteiger partial charge in [0.25, 0.3) is 5.91 Å². The molecule has 0 radical (unpaired) electrons. The van der Waals surface area contributed by atoms with E-state index in [4.69, 9.17) is 21.1 Å². The third kappa shape index (κ3) is 4.91. The Morgan fingerprint density at radius 3 is 2.48 bits per heavy atom. The molecule has 1 saturated heterocycles. The van der Waals surface area contributed by atoms with Crippen LogP contribution in [-0.4, -0.2) is 35.4 Å². The molecule has 0 atom stereocenters. The zero-order valence-corrected chi connectivity index (χ0v) is 16.4. The van der Waals surface area contributed by atoms with Crippen LogP contribution in [0.4, 0.5) is 0 Å². The molecule has 7 heteroatoms. The van der Waals surface area contributed by atoms with Crippen LogP contribution in [0, 0.1) is 0 Å². The zero-order chi connectivity index (χ0) is 20.1. The molecule has 1 amide bonds. The van der Waals surface area contributed by atoms with Gasteiger partial charge in [-0.3, -0.25) is 4.79 Å². The number of ether oxygens (including phenoxy) is 2. The first kappa shape index (κ1) is 19.4. The minimum absolute atomic E-state index is 0.107. The number of hydrogen-bond acceptors (Lipinski definition) is 5. The predicted molar refractivity (Wildman–Crippen MR) is 110 cm³/mol. The maximum absolute atomic E-state index is 12.3. The van der Waals surface area contributed by atoms with Crippen LogP contribution in [0.2, 0.25) is 5.02 Å². The first-order valence-electron chi connectivity index (χ1n) is 9.44. The molecule has 2 aromatic carbocycles. The van der Waals surface area contributed by atoms with Crippen LogP contribution in [0.15, 0.2) is 60.7 Å². The summed E-state index contributed by atoms with van der Waals surface area (Å²) in [6.07, 6.45) is 1.61. The number of halogens is 1. The molecule has 6 nitrogen and oxygen atoms in total. The minimum Gasteiger partial charge on any atom is -0.436 e. The third-order valence-electron chi connectivity index (χ3n) is 4.68. The summed E-state index contributed by atoms with van der Waals surface area (Å²) in [6, 6.07) is 18.8. The van der Waals surface area contributed by atoms with Crippen molar-refractivity contribution in [2.75, 3.05) is 13.2 Å². The quantitative estimate of drug-likeness (QED) is 0.671. The van der Waals surface area contributed by atoms with Crippen molar-refractivity contribution in [3.05, 3.63) is 71.4 Å². The molecular weight excluding hydrogens is 390 g/mol. The van der Waals surface area contributed by atoms with Crippen molar-refractivity contribution in [1.82, 2.24) is 15.5 Å². The van der Waals surface area contributed by atoms with Gasteiger partial charge in [0, 0.05) is 25.3 Å². The Balaban J connectivity index is 1.41. The summed E-state index contributed by atoms with van der Waals surface area (Å²) in [5.74, 6) is 0.489. The van der Waals surface area contributed by atoms with E-state index in [1.807, 2.05) is 42.5 Å². The molecule has 1 N–H and O–H groups in total. The molecule has 2 heterocycles. The summed E-state index contributed by atoms with van der Waals surface area (Å²) in [7, 11) is 0. The van der Waals surface area contributed by atoms with Gasteiger partial charge in [-0.15, -0.1) is 10.2 Å². The highest BCUT2D eigenvalue weighted by molar-refractivity contribution is 6.32. The molecular formula is C22H20ClN3O3.